The molecule has 24 heavy (non-hydrogen) atoms. The number of nitrogens with zero attached hydrogens (tertiary/aromatic N) is 2. The van der Waals surface area contributed by atoms with Gasteiger partial charge in [0.2, 0.25) is 0 Å². The smallest absolute Gasteiger partial charge is 0.188 e. The minimum Gasteiger partial charge on any atom is -0.382 e. The number of nitrogens with one attached hydrogen (secondary N) is 1. The second kappa shape index (κ2) is 13.2. The highest BCUT2D eigenvalue weighted by Gasteiger charge is 2.27. The molecule has 1 atom stereocenters. The van der Waals surface area contributed by atoms with Crippen LogP contribution < -0.4 is 11.1 Å². The molecule has 1 aliphatic carbocycles. The molecule has 6 heteroatoms. The first-order chi connectivity index (χ1) is 11.3. The molecule has 0 spiro atoms. The molecule has 2 rings (SSSR count). The van der Waals surface area contributed by atoms with Crippen LogP contribution in [-0.4, -0.2) is 56.3 Å². The lowest BCUT2D eigenvalue weighted by atomic mass is 9.89. The fourth-order valence-corrected chi connectivity index (χ4v) is 3.84. The molecule has 0 radical (unpaired) electrons. The van der Waals surface area contributed by atoms with Crippen LogP contribution in [0, 0.1) is 5.92 Å². The van der Waals surface area contributed by atoms with E-state index in [2.05, 4.69) is 15.2 Å². The Balaban J connectivity index is 0.00000288. The van der Waals surface area contributed by atoms with Gasteiger partial charge >= 0.3 is 0 Å². The maximum absolute atomic E-state index is 5.98. The number of hydrogen-bond donors (Lipinski definition) is 2. The maximum atomic E-state index is 5.98. The summed E-state index contributed by atoms with van der Waals surface area (Å²) in [5.74, 6) is 1.51. The molecule has 1 aliphatic heterocycles. The van der Waals surface area contributed by atoms with Crippen LogP contribution in [0.3, 0.4) is 0 Å². The Morgan fingerprint density at radius 3 is 2.75 bits per heavy atom. The summed E-state index contributed by atoms with van der Waals surface area (Å²) in [4.78, 5) is 7.24. The van der Waals surface area contributed by atoms with Gasteiger partial charge in [0.05, 0.1) is 6.54 Å². The lowest BCUT2D eigenvalue weighted by molar-refractivity contribution is 0.145. The summed E-state index contributed by atoms with van der Waals surface area (Å²) in [5.41, 5.74) is 5.98. The second-order valence-corrected chi connectivity index (χ2v) is 7.00. The van der Waals surface area contributed by atoms with Gasteiger partial charge in [0, 0.05) is 32.3 Å². The molecular formula is C18H37IN4O. The molecule has 0 aromatic rings. The van der Waals surface area contributed by atoms with Crippen LogP contribution in [0.2, 0.25) is 0 Å². The molecule has 5 nitrogen and oxygen atoms in total. The highest BCUT2D eigenvalue weighted by atomic mass is 127. The van der Waals surface area contributed by atoms with Crippen molar-refractivity contribution < 1.29 is 4.74 Å². The Labute approximate surface area is 165 Å². The summed E-state index contributed by atoms with van der Waals surface area (Å²) in [6.07, 6.45) is 10.7. The van der Waals surface area contributed by atoms with Crippen molar-refractivity contribution >= 4 is 29.9 Å². The average molecular weight is 452 g/mol. The van der Waals surface area contributed by atoms with Crippen molar-refractivity contribution in [1.29, 1.82) is 0 Å². The predicted octanol–water partition coefficient (Wildman–Crippen LogP) is 2.98. The van der Waals surface area contributed by atoms with Crippen molar-refractivity contribution in [2.75, 3.05) is 39.4 Å². The Bertz CT molecular complexity index is 348. The monoisotopic (exact) mass is 452 g/mol. The summed E-state index contributed by atoms with van der Waals surface area (Å²) < 4.78 is 5.32. The summed E-state index contributed by atoms with van der Waals surface area (Å²) in [6.45, 7) is 7.80. The van der Waals surface area contributed by atoms with E-state index in [1.807, 2.05) is 6.92 Å². The van der Waals surface area contributed by atoms with Crippen LogP contribution in [0.15, 0.2) is 4.99 Å². The Hall–Kier alpha value is -0.0800. The standard InChI is InChI=1S/C18H36N4O.HI/c1-2-23-13-7-11-20-18(19)21-14-17-10-6-12-22(17)15-16-8-4-3-5-9-16;/h16-17H,2-15H2,1H3,(H3,19,20,21);1H. The number of halogens is 1. The highest BCUT2D eigenvalue weighted by molar-refractivity contribution is 14.0. The van der Waals surface area contributed by atoms with Crippen LogP contribution in [0.1, 0.15) is 58.3 Å². The molecule has 2 fully saturated rings. The summed E-state index contributed by atoms with van der Waals surface area (Å²) in [6, 6.07) is 0.598. The number of rotatable bonds is 9. The first-order valence-electron chi connectivity index (χ1n) is 9.65. The Morgan fingerprint density at radius 2 is 2.00 bits per heavy atom. The predicted molar refractivity (Wildman–Crippen MR) is 112 cm³/mol. The van der Waals surface area contributed by atoms with Gasteiger partial charge in [0.1, 0.15) is 0 Å². The van der Waals surface area contributed by atoms with Crippen LogP contribution in [0.4, 0.5) is 0 Å². The van der Waals surface area contributed by atoms with Crippen molar-refractivity contribution in [2.24, 2.45) is 16.6 Å². The number of hydrogen-bond acceptors (Lipinski definition) is 3. The zero-order chi connectivity index (χ0) is 16.3. The van der Waals surface area contributed by atoms with Crippen LogP contribution in [-0.2, 0) is 4.74 Å². The van der Waals surface area contributed by atoms with Crippen LogP contribution >= 0.6 is 24.0 Å². The SMILES string of the molecule is CCOCCCNC(N)=NCC1CCCN1CC1CCCCC1.I. The van der Waals surface area contributed by atoms with E-state index in [0.717, 1.165) is 38.6 Å². The van der Waals surface area contributed by atoms with Crippen molar-refractivity contribution in [3.8, 4) is 0 Å². The fraction of sp³-hybridized carbons (Fsp3) is 0.944. The normalized spacial score (nSPS) is 23.2. The molecule has 0 amide bonds. The number of ether oxygens (including phenoxy) is 1. The quantitative estimate of drug-likeness (QED) is 0.244. The Kier molecular flexibility index (Phi) is 12.0. The molecule has 1 heterocycles. The van der Waals surface area contributed by atoms with E-state index < -0.39 is 0 Å². The van der Waals surface area contributed by atoms with E-state index in [4.69, 9.17) is 10.5 Å². The number of likely N-dealkylation sites (tertiary alicyclic amines) is 1. The van der Waals surface area contributed by atoms with Gasteiger partial charge in [0.25, 0.3) is 0 Å². The van der Waals surface area contributed by atoms with Gasteiger partial charge in [-0.3, -0.25) is 9.89 Å². The zero-order valence-corrected chi connectivity index (χ0v) is 17.7. The van der Waals surface area contributed by atoms with E-state index in [0.29, 0.717) is 12.0 Å². The molecule has 2 aliphatic rings. The van der Waals surface area contributed by atoms with Gasteiger partial charge in [-0.15, -0.1) is 24.0 Å². The van der Waals surface area contributed by atoms with Gasteiger partial charge in [-0.2, -0.15) is 0 Å². The molecule has 1 saturated heterocycles. The Morgan fingerprint density at radius 1 is 1.21 bits per heavy atom. The third-order valence-corrected chi connectivity index (χ3v) is 5.16. The molecule has 0 bridgehead atoms. The largest absolute Gasteiger partial charge is 0.382 e. The molecule has 0 aromatic carbocycles. The van der Waals surface area contributed by atoms with E-state index in [9.17, 15) is 0 Å². The third kappa shape index (κ3) is 8.34. The van der Waals surface area contributed by atoms with Gasteiger partial charge in [0.15, 0.2) is 5.96 Å². The van der Waals surface area contributed by atoms with Crippen molar-refractivity contribution in [2.45, 2.75) is 64.3 Å². The topological polar surface area (TPSA) is 62.9 Å². The number of nitrogens with two attached hydrogens (primary N) is 1. The summed E-state index contributed by atoms with van der Waals surface area (Å²) >= 11 is 0. The van der Waals surface area contributed by atoms with Crippen molar-refractivity contribution in [3.63, 3.8) is 0 Å². The van der Waals surface area contributed by atoms with Gasteiger partial charge in [-0.05, 0) is 51.5 Å². The maximum Gasteiger partial charge on any atom is 0.188 e. The molecule has 1 saturated carbocycles. The number of aliphatic imine (C=N–C) groups is 1. The van der Waals surface area contributed by atoms with Gasteiger partial charge in [-0.25, -0.2) is 0 Å². The molecule has 142 valence electrons. The zero-order valence-electron chi connectivity index (χ0n) is 15.3. The molecular weight excluding hydrogens is 415 g/mol. The molecule has 3 N–H and O–H groups in total. The number of guanidine groups is 1. The van der Waals surface area contributed by atoms with Crippen molar-refractivity contribution in [3.05, 3.63) is 0 Å². The lowest BCUT2D eigenvalue weighted by Gasteiger charge is -2.30. The highest BCUT2D eigenvalue weighted by Crippen LogP contribution is 2.27. The minimum absolute atomic E-state index is 0. The third-order valence-electron chi connectivity index (χ3n) is 5.16. The fourth-order valence-electron chi connectivity index (χ4n) is 3.84. The van der Waals surface area contributed by atoms with Crippen LogP contribution in [0.5, 0.6) is 0 Å². The lowest BCUT2D eigenvalue weighted by Crippen LogP contribution is -2.38. The van der Waals surface area contributed by atoms with Crippen LogP contribution in [0.25, 0.3) is 0 Å². The molecule has 1 unspecified atom stereocenters. The average Bonchev–Trinajstić information content (AvgIpc) is 3.01. The first kappa shape index (κ1) is 22.0. The van der Waals surface area contributed by atoms with E-state index in [-0.39, 0.29) is 24.0 Å². The first-order valence-corrected chi connectivity index (χ1v) is 9.65. The van der Waals surface area contributed by atoms with Crippen molar-refractivity contribution in [1.82, 2.24) is 10.2 Å². The summed E-state index contributed by atoms with van der Waals surface area (Å²) in [7, 11) is 0. The second-order valence-electron chi connectivity index (χ2n) is 7.00. The minimum atomic E-state index is 0. The summed E-state index contributed by atoms with van der Waals surface area (Å²) in [5, 5.41) is 3.19. The van der Waals surface area contributed by atoms with E-state index in [1.165, 1.54) is 58.0 Å². The van der Waals surface area contributed by atoms with Gasteiger partial charge < -0.3 is 15.8 Å². The van der Waals surface area contributed by atoms with E-state index >= 15 is 0 Å². The molecule has 0 aromatic heterocycles. The van der Waals surface area contributed by atoms with Gasteiger partial charge in [-0.1, -0.05) is 19.3 Å². The van der Waals surface area contributed by atoms with E-state index in [1.54, 1.807) is 0 Å².